The van der Waals surface area contributed by atoms with E-state index >= 15 is 0 Å². The number of piperazine rings is 1. The van der Waals surface area contributed by atoms with Gasteiger partial charge in [0, 0.05) is 38.6 Å². The fourth-order valence-corrected chi connectivity index (χ4v) is 9.33. The highest BCUT2D eigenvalue weighted by molar-refractivity contribution is 5.84. The summed E-state index contributed by atoms with van der Waals surface area (Å²) in [6.07, 6.45) is 8.91. The minimum absolute atomic E-state index is 0.0122. The summed E-state index contributed by atoms with van der Waals surface area (Å²) in [5.74, 6) is 2.56. The molecule has 5 rings (SSSR count). The van der Waals surface area contributed by atoms with Crippen molar-refractivity contribution >= 4 is 11.8 Å². The minimum Gasteiger partial charge on any atom is -0.393 e. The predicted octanol–water partition coefficient (Wildman–Crippen LogP) is 2.40. The molecule has 1 heterocycles. The van der Waals surface area contributed by atoms with E-state index in [-0.39, 0.29) is 47.4 Å². The Hall–Kier alpha value is -1.18. The second kappa shape index (κ2) is 9.60. The molecular formula is C28H47N3O4. The summed E-state index contributed by atoms with van der Waals surface area (Å²) < 4.78 is 0. The number of nitrogens with one attached hydrogen (secondary N) is 1. The molecule has 9 atom stereocenters. The largest absolute Gasteiger partial charge is 0.393 e. The van der Waals surface area contributed by atoms with Crippen molar-refractivity contribution in [1.82, 2.24) is 15.1 Å². The van der Waals surface area contributed by atoms with E-state index in [9.17, 15) is 19.8 Å². The van der Waals surface area contributed by atoms with E-state index in [1.165, 1.54) is 25.7 Å². The first-order valence-corrected chi connectivity index (χ1v) is 14.3. The molecule has 4 saturated carbocycles. The van der Waals surface area contributed by atoms with E-state index in [2.05, 4.69) is 24.1 Å². The normalized spacial score (nSPS) is 45.9. The molecule has 0 radical (unpaired) electrons. The van der Waals surface area contributed by atoms with E-state index in [4.69, 9.17) is 0 Å². The third kappa shape index (κ3) is 4.33. The van der Waals surface area contributed by atoms with Crippen molar-refractivity contribution in [2.75, 3.05) is 32.7 Å². The van der Waals surface area contributed by atoms with Gasteiger partial charge in [0.15, 0.2) is 0 Å². The number of amides is 2. The van der Waals surface area contributed by atoms with Crippen LogP contribution in [0.15, 0.2) is 0 Å². The number of aliphatic hydroxyl groups is 2. The Morgan fingerprint density at radius 3 is 2.37 bits per heavy atom. The third-order valence-corrected chi connectivity index (χ3v) is 11.5. The molecule has 4 aliphatic carbocycles. The summed E-state index contributed by atoms with van der Waals surface area (Å²) in [4.78, 5) is 28.3. The summed E-state index contributed by atoms with van der Waals surface area (Å²) in [7, 11) is 0. The quantitative estimate of drug-likeness (QED) is 0.564. The van der Waals surface area contributed by atoms with Crippen LogP contribution in [0.1, 0.15) is 78.6 Å². The number of carbonyl (C=O) groups is 2. The van der Waals surface area contributed by atoms with Crippen LogP contribution in [-0.2, 0) is 9.59 Å². The van der Waals surface area contributed by atoms with E-state index in [1.807, 2.05) is 4.90 Å². The van der Waals surface area contributed by atoms with Gasteiger partial charge < -0.3 is 20.4 Å². The molecule has 0 bridgehead atoms. The molecule has 7 nitrogen and oxygen atoms in total. The smallest absolute Gasteiger partial charge is 0.242 e. The molecule has 5 aliphatic rings. The summed E-state index contributed by atoms with van der Waals surface area (Å²) >= 11 is 0. The number of rotatable bonds is 4. The zero-order chi connectivity index (χ0) is 25.0. The molecule has 35 heavy (non-hydrogen) atoms. The highest BCUT2D eigenvalue weighted by atomic mass is 16.3. The van der Waals surface area contributed by atoms with E-state index in [0.29, 0.717) is 37.3 Å². The second-order valence-corrected chi connectivity index (χ2v) is 12.9. The van der Waals surface area contributed by atoms with E-state index < -0.39 is 0 Å². The lowest BCUT2D eigenvalue weighted by Crippen LogP contribution is -2.62. The van der Waals surface area contributed by atoms with Crippen LogP contribution in [0.5, 0.6) is 0 Å². The minimum atomic E-state index is -0.294. The van der Waals surface area contributed by atoms with Crippen LogP contribution in [0.25, 0.3) is 0 Å². The van der Waals surface area contributed by atoms with Crippen molar-refractivity contribution in [2.45, 2.75) is 96.8 Å². The average molecular weight is 490 g/mol. The highest BCUT2D eigenvalue weighted by Gasteiger charge is 2.61. The number of aliphatic hydroxyl groups excluding tert-OH is 2. The molecule has 2 amide bonds. The molecular weight excluding hydrogens is 442 g/mol. The molecule has 0 aromatic rings. The van der Waals surface area contributed by atoms with Crippen molar-refractivity contribution in [1.29, 1.82) is 0 Å². The molecule has 0 aromatic heterocycles. The fraction of sp³-hybridized carbons (Fsp3) is 0.929. The van der Waals surface area contributed by atoms with Gasteiger partial charge in [-0.1, -0.05) is 20.8 Å². The monoisotopic (exact) mass is 489 g/mol. The van der Waals surface area contributed by atoms with Crippen LogP contribution in [0, 0.1) is 34.5 Å². The van der Waals surface area contributed by atoms with Gasteiger partial charge in [-0.05, 0) is 85.9 Å². The number of hydrogen-bond donors (Lipinski definition) is 3. The number of carbonyl (C=O) groups excluding carboxylic acids is 2. The lowest BCUT2D eigenvalue weighted by molar-refractivity contribution is -0.156. The molecule has 0 unspecified atom stereocenters. The van der Waals surface area contributed by atoms with E-state index in [1.54, 1.807) is 6.92 Å². The fourth-order valence-electron chi connectivity index (χ4n) is 9.33. The Kier molecular flexibility index (Phi) is 6.99. The summed E-state index contributed by atoms with van der Waals surface area (Å²) in [6.45, 7) is 9.64. The van der Waals surface area contributed by atoms with Gasteiger partial charge in [0.05, 0.1) is 18.8 Å². The Bertz CT molecular complexity index is 814. The maximum absolute atomic E-state index is 12.5. The second-order valence-electron chi connectivity index (χ2n) is 12.9. The van der Waals surface area contributed by atoms with Gasteiger partial charge >= 0.3 is 0 Å². The van der Waals surface area contributed by atoms with Crippen molar-refractivity contribution in [2.24, 2.45) is 34.5 Å². The summed E-state index contributed by atoms with van der Waals surface area (Å²) in [5.41, 5.74) is 0.358. The molecule has 1 aliphatic heterocycles. The predicted molar refractivity (Wildman–Crippen MR) is 134 cm³/mol. The average Bonchev–Trinajstić information content (AvgIpc) is 3.16. The van der Waals surface area contributed by atoms with Gasteiger partial charge in [0.2, 0.25) is 11.8 Å². The zero-order valence-electron chi connectivity index (χ0n) is 22.0. The Morgan fingerprint density at radius 2 is 1.66 bits per heavy atom. The van der Waals surface area contributed by atoms with Gasteiger partial charge in [-0.25, -0.2) is 0 Å². The number of fused-ring (bicyclic) bond motifs is 5. The SMILES string of the molecule is CCC(=O)NCC(=O)N1CCN([C@H]2C[C@@]3(C)[C@@H](CC[C@@H]4[C@@H]3CC[C@]3(C)[C@@H](O)CC[C@@H]43)C[C@@H]2O)CC1. The van der Waals surface area contributed by atoms with Crippen LogP contribution < -0.4 is 5.32 Å². The molecule has 1 saturated heterocycles. The van der Waals surface area contributed by atoms with Crippen LogP contribution in [0.3, 0.4) is 0 Å². The first kappa shape index (κ1) is 25.5. The van der Waals surface area contributed by atoms with Crippen LogP contribution in [0.4, 0.5) is 0 Å². The zero-order valence-corrected chi connectivity index (χ0v) is 22.0. The number of hydrogen-bond acceptors (Lipinski definition) is 5. The van der Waals surface area contributed by atoms with Crippen molar-refractivity contribution in [3.05, 3.63) is 0 Å². The van der Waals surface area contributed by atoms with Gasteiger partial charge in [-0.15, -0.1) is 0 Å². The Labute approximate surface area is 211 Å². The topological polar surface area (TPSA) is 93.1 Å². The van der Waals surface area contributed by atoms with Gasteiger partial charge in [-0.3, -0.25) is 14.5 Å². The standard InChI is InChI=1S/C28H47N3O4/c1-4-25(34)29-17-26(35)31-13-11-30(12-14-31)22-16-28(3)18(15-23(22)32)5-6-19-20-7-8-24(33)27(20,2)10-9-21(19)28/h18-24,32-33H,4-17H2,1-3H3,(H,29,34)/t18-,19-,20-,21-,22-,23-,24-,27-,28-/m0/s1. The molecule has 3 N–H and O–H groups in total. The molecule has 5 fully saturated rings. The van der Waals surface area contributed by atoms with Crippen LogP contribution in [-0.4, -0.2) is 82.8 Å². The first-order chi connectivity index (χ1) is 16.7. The first-order valence-electron chi connectivity index (χ1n) is 14.3. The lowest BCUT2D eigenvalue weighted by atomic mass is 9.44. The number of nitrogens with zero attached hydrogens (tertiary/aromatic N) is 2. The van der Waals surface area contributed by atoms with Crippen molar-refractivity contribution in [3.63, 3.8) is 0 Å². The van der Waals surface area contributed by atoms with E-state index in [0.717, 1.165) is 44.7 Å². The van der Waals surface area contributed by atoms with Crippen molar-refractivity contribution < 1.29 is 19.8 Å². The highest BCUT2D eigenvalue weighted by Crippen LogP contribution is 2.66. The Balaban J connectivity index is 1.24. The molecule has 0 aromatic carbocycles. The summed E-state index contributed by atoms with van der Waals surface area (Å²) in [5, 5.41) is 24.7. The van der Waals surface area contributed by atoms with Gasteiger partial charge in [0.1, 0.15) is 0 Å². The maximum Gasteiger partial charge on any atom is 0.242 e. The van der Waals surface area contributed by atoms with Crippen molar-refractivity contribution in [3.8, 4) is 0 Å². The lowest BCUT2D eigenvalue weighted by Gasteiger charge is -2.62. The molecule has 7 heteroatoms. The Morgan fingerprint density at radius 1 is 0.943 bits per heavy atom. The van der Waals surface area contributed by atoms with Gasteiger partial charge in [-0.2, -0.15) is 0 Å². The van der Waals surface area contributed by atoms with Crippen LogP contribution in [0.2, 0.25) is 0 Å². The van der Waals surface area contributed by atoms with Gasteiger partial charge in [0.25, 0.3) is 0 Å². The summed E-state index contributed by atoms with van der Waals surface area (Å²) in [6, 6.07) is 0.162. The third-order valence-electron chi connectivity index (χ3n) is 11.5. The molecule has 0 spiro atoms. The maximum atomic E-state index is 12.5. The van der Waals surface area contributed by atoms with Crippen LogP contribution >= 0.6 is 0 Å². The molecule has 198 valence electrons.